The Bertz CT molecular complexity index is 761. The van der Waals surface area contributed by atoms with Crippen LogP contribution in [0.15, 0.2) is 36.7 Å². The second kappa shape index (κ2) is 3.73. The number of pyridine rings is 1. The predicted molar refractivity (Wildman–Crippen MR) is 65.8 cm³/mol. The smallest absolute Gasteiger partial charge is 0.341 e. The molecule has 0 saturated carbocycles. The largest absolute Gasteiger partial charge is 0.465 e. The first-order chi connectivity index (χ1) is 8.74. The van der Waals surface area contributed by atoms with Gasteiger partial charge in [0.25, 0.3) is 0 Å². The zero-order valence-electron chi connectivity index (χ0n) is 9.62. The highest BCUT2D eigenvalue weighted by Gasteiger charge is 2.18. The van der Waals surface area contributed by atoms with Crippen LogP contribution in [0.5, 0.6) is 0 Å². The van der Waals surface area contributed by atoms with Crippen molar-refractivity contribution in [2.75, 3.05) is 7.11 Å². The Morgan fingerprint density at radius 3 is 2.83 bits per heavy atom. The monoisotopic (exact) mass is 242 g/mol. The third kappa shape index (κ3) is 1.27. The second-order valence-corrected chi connectivity index (χ2v) is 3.90. The molecule has 2 heterocycles. The normalized spacial score (nSPS) is 10.9. The van der Waals surface area contributed by atoms with Gasteiger partial charge in [-0.2, -0.15) is 4.73 Å². The number of methoxy groups -OCH3 is 1. The van der Waals surface area contributed by atoms with E-state index in [0.717, 1.165) is 15.5 Å². The molecule has 0 aliphatic heterocycles. The minimum atomic E-state index is -0.522. The average Bonchev–Trinajstić information content (AvgIpc) is 2.72. The topological polar surface area (TPSA) is 64.3 Å². The molecule has 3 aromatic rings. The molecule has 1 aromatic carbocycles. The highest BCUT2D eigenvalue weighted by atomic mass is 16.5. The molecule has 0 aliphatic carbocycles. The molecule has 0 amide bonds. The molecule has 0 saturated heterocycles. The Morgan fingerprint density at radius 2 is 2.06 bits per heavy atom. The van der Waals surface area contributed by atoms with Crippen molar-refractivity contribution in [1.82, 2.24) is 9.71 Å². The van der Waals surface area contributed by atoms with E-state index in [1.54, 1.807) is 12.3 Å². The van der Waals surface area contributed by atoms with E-state index in [1.165, 1.54) is 13.3 Å². The predicted octanol–water partition coefficient (Wildman–Crippen LogP) is 2.21. The minimum absolute atomic E-state index is 0.244. The molecule has 0 unspecified atom stereocenters. The number of hydrogen-bond donors (Lipinski definition) is 1. The molecule has 1 N–H and O–H groups in total. The van der Waals surface area contributed by atoms with Gasteiger partial charge in [0.05, 0.1) is 12.6 Å². The number of rotatable bonds is 1. The third-order valence-corrected chi connectivity index (χ3v) is 2.96. The van der Waals surface area contributed by atoms with Crippen molar-refractivity contribution >= 4 is 27.8 Å². The standard InChI is InChI=1S/C13H10N2O3/c1-18-13(16)10-7-14-6-9-8-4-2-3-5-11(8)15(17)12(9)10/h2-7,17H,1H3. The molecule has 3 rings (SSSR count). The van der Waals surface area contributed by atoms with E-state index in [2.05, 4.69) is 4.98 Å². The van der Waals surface area contributed by atoms with Gasteiger partial charge in [-0.05, 0) is 6.07 Å². The molecule has 0 atom stereocenters. The van der Waals surface area contributed by atoms with Gasteiger partial charge in [0.2, 0.25) is 0 Å². The molecule has 0 bridgehead atoms. The van der Waals surface area contributed by atoms with Gasteiger partial charge >= 0.3 is 5.97 Å². The number of nitrogens with zero attached hydrogens (tertiary/aromatic N) is 2. The number of carbonyl (C=O) groups is 1. The lowest BCUT2D eigenvalue weighted by Gasteiger charge is -2.02. The lowest BCUT2D eigenvalue weighted by Crippen LogP contribution is -2.05. The summed E-state index contributed by atoms with van der Waals surface area (Å²) in [6.07, 6.45) is 3.01. The van der Waals surface area contributed by atoms with E-state index in [9.17, 15) is 10.0 Å². The van der Waals surface area contributed by atoms with Crippen molar-refractivity contribution in [3.63, 3.8) is 0 Å². The van der Waals surface area contributed by atoms with Gasteiger partial charge in [-0.3, -0.25) is 4.98 Å². The Labute approximate surface area is 102 Å². The quantitative estimate of drug-likeness (QED) is 0.525. The summed E-state index contributed by atoms with van der Waals surface area (Å²) in [5, 5.41) is 11.7. The summed E-state index contributed by atoms with van der Waals surface area (Å²) in [6, 6.07) is 7.33. The molecule has 0 spiro atoms. The second-order valence-electron chi connectivity index (χ2n) is 3.90. The maximum absolute atomic E-state index is 11.7. The number of benzene rings is 1. The Hall–Kier alpha value is -2.56. The van der Waals surface area contributed by atoms with Gasteiger partial charge < -0.3 is 9.94 Å². The molecular weight excluding hydrogens is 232 g/mol. The van der Waals surface area contributed by atoms with Crippen LogP contribution in [0.1, 0.15) is 10.4 Å². The number of hydrogen-bond acceptors (Lipinski definition) is 4. The molecule has 2 aromatic heterocycles. The maximum atomic E-state index is 11.7. The molecule has 18 heavy (non-hydrogen) atoms. The van der Waals surface area contributed by atoms with Gasteiger partial charge in [-0.15, -0.1) is 0 Å². The van der Waals surface area contributed by atoms with E-state index in [4.69, 9.17) is 4.74 Å². The van der Waals surface area contributed by atoms with Crippen LogP contribution < -0.4 is 0 Å². The highest BCUT2D eigenvalue weighted by Crippen LogP contribution is 2.29. The van der Waals surface area contributed by atoms with Crippen LogP contribution in [0.2, 0.25) is 0 Å². The first kappa shape index (κ1) is 10.6. The highest BCUT2D eigenvalue weighted by molar-refractivity contribution is 6.13. The maximum Gasteiger partial charge on any atom is 0.341 e. The summed E-state index contributed by atoms with van der Waals surface area (Å²) in [5.41, 5.74) is 1.29. The summed E-state index contributed by atoms with van der Waals surface area (Å²) in [4.78, 5) is 15.7. The zero-order chi connectivity index (χ0) is 12.7. The molecule has 5 nitrogen and oxygen atoms in total. The summed E-state index contributed by atoms with van der Waals surface area (Å²) < 4.78 is 5.69. The van der Waals surface area contributed by atoms with E-state index in [1.807, 2.05) is 18.2 Å². The van der Waals surface area contributed by atoms with Crippen molar-refractivity contribution < 1.29 is 14.7 Å². The molecule has 0 radical (unpaired) electrons. The summed E-state index contributed by atoms with van der Waals surface area (Å²) in [7, 11) is 1.30. The molecule has 90 valence electrons. The number of aromatic nitrogens is 2. The van der Waals surface area contributed by atoms with Crippen LogP contribution in [0, 0.1) is 0 Å². The van der Waals surface area contributed by atoms with Gasteiger partial charge in [0.15, 0.2) is 0 Å². The Morgan fingerprint density at radius 1 is 1.28 bits per heavy atom. The molecule has 5 heteroatoms. The summed E-state index contributed by atoms with van der Waals surface area (Å²) >= 11 is 0. The fraction of sp³-hybridized carbons (Fsp3) is 0.0769. The van der Waals surface area contributed by atoms with E-state index >= 15 is 0 Å². The van der Waals surface area contributed by atoms with Gasteiger partial charge in [-0.1, -0.05) is 18.2 Å². The van der Waals surface area contributed by atoms with Gasteiger partial charge in [0, 0.05) is 23.2 Å². The summed E-state index contributed by atoms with van der Waals surface area (Å²) in [5.74, 6) is -0.522. The fourth-order valence-electron chi connectivity index (χ4n) is 2.14. The Balaban J connectivity index is 2.52. The van der Waals surface area contributed by atoms with E-state index in [-0.39, 0.29) is 5.56 Å². The number of fused-ring (bicyclic) bond motifs is 3. The van der Waals surface area contributed by atoms with Crippen LogP contribution in [0.25, 0.3) is 21.8 Å². The number of esters is 1. The van der Waals surface area contributed by atoms with E-state index < -0.39 is 5.97 Å². The van der Waals surface area contributed by atoms with Crippen molar-refractivity contribution in [2.45, 2.75) is 0 Å². The van der Waals surface area contributed by atoms with Crippen molar-refractivity contribution in [3.05, 3.63) is 42.2 Å². The SMILES string of the molecule is COC(=O)c1cncc2c3ccccc3n(O)c12. The summed E-state index contributed by atoms with van der Waals surface area (Å²) in [6.45, 7) is 0. The number of carbonyl (C=O) groups excluding carboxylic acids is 1. The van der Waals surface area contributed by atoms with Gasteiger partial charge in [-0.25, -0.2) is 4.79 Å². The van der Waals surface area contributed by atoms with Crippen LogP contribution in [-0.2, 0) is 4.74 Å². The van der Waals surface area contributed by atoms with Crippen molar-refractivity contribution in [2.24, 2.45) is 0 Å². The van der Waals surface area contributed by atoms with Gasteiger partial charge in [0.1, 0.15) is 11.1 Å². The number of ether oxygens (including phenoxy) is 1. The van der Waals surface area contributed by atoms with Crippen molar-refractivity contribution in [1.29, 1.82) is 0 Å². The lowest BCUT2D eigenvalue weighted by molar-refractivity contribution is 0.0600. The van der Waals surface area contributed by atoms with Crippen molar-refractivity contribution in [3.8, 4) is 0 Å². The van der Waals surface area contributed by atoms with Crippen LogP contribution in [0.4, 0.5) is 0 Å². The van der Waals surface area contributed by atoms with E-state index in [0.29, 0.717) is 11.0 Å². The number of para-hydroxylation sites is 1. The average molecular weight is 242 g/mol. The van der Waals surface area contributed by atoms with Crippen LogP contribution >= 0.6 is 0 Å². The lowest BCUT2D eigenvalue weighted by atomic mass is 10.1. The van der Waals surface area contributed by atoms with Crippen LogP contribution in [0.3, 0.4) is 0 Å². The minimum Gasteiger partial charge on any atom is -0.465 e. The Kier molecular flexibility index (Phi) is 2.19. The first-order valence-corrected chi connectivity index (χ1v) is 5.38. The molecular formula is C13H10N2O3. The molecule has 0 fully saturated rings. The van der Waals surface area contributed by atoms with Crippen LogP contribution in [-0.4, -0.2) is 28.0 Å². The first-order valence-electron chi connectivity index (χ1n) is 5.38. The third-order valence-electron chi connectivity index (χ3n) is 2.96. The fourth-order valence-corrected chi connectivity index (χ4v) is 2.14. The molecule has 0 aliphatic rings. The zero-order valence-corrected chi connectivity index (χ0v) is 9.62.